The molecule has 0 bridgehead atoms. The standard InChI is InChI=1S/C9H6F4O4/c10-3-1-2-4(17-9(12)13)5(6(3)11)7(14)8(15)16/h1-2,7,9,14H,(H,15,16). The summed E-state index contributed by atoms with van der Waals surface area (Å²) < 4.78 is 53.6. The molecule has 1 rings (SSSR count). The Labute approximate surface area is 92.1 Å². The first-order valence-electron chi connectivity index (χ1n) is 4.18. The Balaban J connectivity index is 3.30. The first kappa shape index (κ1) is 13.2. The van der Waals surface area contributed by atoms with Crippen LogP contribution >= 0.6 is 0 Å². The Kier molecular flexibility index (Phi) is 3.89. The minimum atomic E-state index is -3.36. The van der Waals surface area contributed by atoms with E-state index in [0.717, 1.165) is 0 Å². The van der Waals surface area contributed by atoms with Crippen LogP contribution in [0.25, 0.3) is 0 Å². The molecule has 0 aliphatic rings. The zero-order valence-electron chi connectivity index (χ0n) is 8.03. The molecule has 0 saturated heterocycles. The van der Waals surface area contributed by atoms with Crippen LogP contribution < -0.4 is 4.74 Å². The van der Waals surface area contributed by atoms with Gasteiger partial charge >= 0.3 is 12.6 Å². The fraction of sp³-hybridized carbons (Fsp3) is 0.222. The minimum absolute atomic E-state index is 0.477. The van der Waals surface area contributed by atoms with E-state index in [0.29, 0.717) is 12.1 Å². The molecule has 1 unspecified atom stereocenters. The van der Waals surface area contributed by atoms with Gasteiger partial charge in [0.05, 0.1) is 5.56 Å². The maximum absolute atomic E-state index is 13.2. The number of benzene rings is 1. The van der Waals surface area contributed by atoms with Gasteiger partial charge in [0.2, 0.25) is 0 Å². The molecule has 0 aliphatic carbocycles. The largest absolute Gasteiger partial charge is 0.479 e. The zero-order valence-corrected chi connectivity index (χ0v) is 8.03. The van der Waals surface area contributed by atoms with Crippen LogP contribution in [-0.4, -0.2) is 22.8 Å². The van der Waals surface area contributed by atoms with E-state index in [4.69, 9.17) is 10.2 Å². The fourth-order valence-corrected chi connectivity index (χ4v) is 1.13. The highest BCUT2D eigenvalue weighted by atomic mass is 19.3. The lowest BCUT2D eigenvalue weighted by Gasteiger charge is -2.14. The van der Waals surface area contributed by atoms with Gasteiger partial charge < -0.3 is 14.9 Å². The Morgan fingerprint density at radius 2 is 1.88 bits per heavy atom. The second kappa shape index (κ2) is 5.00. The second-order valence-corrected chi connectivity index (χ2v) is 2.89. The average molecular weight is 254 g/mol. The van der Waals surface area contributed by atoms with E-state index in [9.17, 15) is 22.4 Å². The van der Waals surface area contributed by atoms with Gasteiger partial charge in [-0.1, -0.05) is 0 Å². The van der Waals surface area contributed by atoms with Crippen LogP contribution in [0.1, 0.15) is 11.7 Å². The van der Waals surface area contributed by atoms with Crippen LogP contribution in [0.2, 0.25) is 0 Å². The van der Waals surface area contributed by atoms with Crippen molar-refractivity contribution in [1.82, 2.24) is 0 Å². The molecule has 0 aliphatic heterocycles. The fourth-order valence-electron chi connectivity index (χ4n) is 1.13. The highest BCUT2D eigenvalue weighted by Gasteiger charge is 2.28. The second-order valence-electron chi connectivity index (χ2n) is 2.89. The van der Waals surface area contributed by atoms with Gasteiger partial charge in [-0.2, -0.15) is 8.78 Å². The SMILES string of the molecule is O=C(O)C(O)c1c(OC(F)F)ccc(F)c1F. The van der Waals surface area contributed by atoms with E-state index in [2.05, 4.69) is 4.74 Å². The maximum atomic E-state index is 13.2. The van der Waals surface area contributed by atoms with Crippen LogP contribution in [0.15, 0.2) is 12.1 Å². The van der Waals surface area contributed by atoms with Crippen molar-refractivity contribution < 1.29 is 37.3 Å². The third kappa shape index (κ3) is 2.84. The Bertz CT molecular complexity index is 435. The number of alkyl halides is 2. The lowest BCUT2D eigenvalue weighted by molar-refractivity contribution is -0.147. The molecule has 0 radical (unpaired) electrons. The Hall–Kier alpha value is -1.83. The third-order valence-electron chi connectivity index (χ3n) is 1.82. The maximum Gasteiger partial charge on any atom is 0.387 e. The molecule has 17 heavy (non-hydrogen) atoms. The number of ether oxygens (including phenoxy) is 1. The molecule has 1 aromatic carbocycles. The average Bonchev–Trinajstić information content (AvgIpc) is 2.22. The minimum Gasteiger partial charge on any atom is -0.479 e. The third-order valence-corrected chi connectivity index (χ3v) is 1.82. The van der Waals surface area contributed by atoms with Crippen molar-refractivity contribution in [1.29, 1.82) is 0 Å². The van der Waals surface area contributed by atoms with E-state index in [1.54, 1.807) is 0 Å². The van der Waals surface area contributed by atoms with Crippen LogP contribution in [0.3, 0.4) is 0 Å². The van der Waals surface area contributed by atoms with Crippen molar-refractivity contribution in [3.05, 3.63) is 29.3 Å². The van der Waals surface area contributed by atoms with Crippen molar-refractivity contribution in [2.75, 3.05) is 0 Å². The predicted molar refractivity (Wildman–Crippen MR) is 45.6 cm³/mol. The van der Waals surface area contributed by atoms with Gasteiger partial charge in [0.25, 0.3) is 0 Å². The number of halogens is 4. The van der Waals surface area contributed by atoms with Gasteiger partial charge in [-0.25, -0.2) is 13.6 Å². The molecule has 1 atom stereocenters. The summed E-state index contributed by atoms with van der Waals surface area (Å²) in [5.74, 6) is -6.10. The summed E-state index contributed by atoms with van der Waals surface area (Å²) in [5, 5.41) is 17.5. The van der Waals surface area contributed by atoms with Gasteiger partial charge in [0.1, 0.15) is 5.75 Å². The van der Waals surface area contributed by atoms with Gasteiger partial charge in [0.15, 0.2) is 17.7 Å². The summed E-state index contributed by atoms with van der Waals surface area (Å²) in [6.07, 6.45) is -2.50. The molecule has 94 valence electrons. The van der Waals surface area contributed by atoms with Crippen molar-refractivity contribution in [3.8, 4) is 5.75 Å². The molecule has 0 aromatic heterocycles. The monoisotopic (exact) mass is 254 g/mol. The number of aliphatic hydroxyl groups is 1. The molecule has 0 amide bonds. The molecule has 0 fully saturated rings. The summed E-state index contributed by atoms with van der Waals surface area (Å²) in [6, 6.07) is 1.08. The molecule has 0 heterocycles. The number of aliphatic hydroxyl groups excluding tert-OH is 1. The number of aliphatic carboxylic acids is 1. The van der Waals surface area contributed by atoms with Gasteiger partial charge in [-0.3, -0.25) is 0 Å². The quantitative estimate of drug-likeness (QED) is 0.802. The van der Waals surface area contributed by atoms with Crippen LogP contribution in [0, 0.1) is 11.6 Å². The number of carboxylic acid groups (broad SMARTS) is 1. The van der Waals surface area contributed by atoms with Crippen LogP contribution in [0.4, 0.5) is 17.6 Å². The topological polar surface area (TPSA) is 66.8 Å². The Morgan fingerprint density at radius 3 is 2.35 bits per heavy atom. The van der Waals surface area contributed by atoms with Crippen LogP contribution in [-0.2, 0) is 4.79 Å². The molecule has 0 saturated carbocycles. The van der Waals surface area contributed by atoms with E-state index in [-0.39, 0.29) is 0 Å². The van der Waals surface area contributed by atoms with E-state index >= 15 is 0 Å². The number of carboxylic acids is 1. The van der Waals surface area contributed by atoms with Gasteiger partial charge in [-0.05, 0) is 12.1 Å². The number of rotatable bonds is 4. The van der Waals surface area contributed by atoms with Crippen molar-refractivity contribution in [3.63, 3.8) is 0 Å². The Morgan fingerprint density at radius 1 is 1.29 bits per heavy atom. The summed E-state index contributed by atoms with van der Waals surface area (Å²) in [5.41, 5.74) is -1.18. The number of hydrogen-bond donors (Lipinski definition) is 2. The summed E-state index contributed by atoms with van der Waals surface area (Å²) in [7, 11) is 0. The molecule has 8 heteroatoms. The molecule has 1 aromatic rings. The van der Waals surface area contributed by atoms with Gasteiger partial charge in [0, 0.05) is 0 Å². The summed E-state index contributed by atoms with van der Waals surface area (Å²) in [6.45, 7) is -3.36. The predicted octanol–water partition coefficient (Wildman–Crippen LogP) is 1.68. The molecular weight excluding hydrogens is 248 g/mol. The number of hydrogen-bond acceptors (Lipinski definition) is 3. The van der Waals surface area contributed by atoms with E-state index < -0.39 is 41.6 Å². The summed E-state index contributed by atoms with van der Waals surface area (Å²) >= 11 is 0. The molecular formula is C9H6F4O4. The smallest absolute Gasteiger partial charge is 0.387 e. The van der Waals surface area contributed by atoms with Crippen molar-refractivity contribution in [2.45, 2.75) is 12.7 Å². The van der Waals surface area contributed by atoms with E-state index in [1.807, 2.05) is 0 Å². The first-order chi connectivity index (χ1) is 7.84. The van der Waals surface area contributed by atoms with Crippen molar-refractivity contribution in [2.24, 2.45) is 0 Å². The van der Waals surface area contributed by atoms with E-state index in [1.165, 1.54) is 0 Å². The lowest BCUT2D eigenvalue weighted by Crippen LogP contribution is -2.16. The zero-order chi connectivity index (χ0) is 13.2. The normalized spacial score (nSPS) is 12.6. The summed E-state index contributed by atoms with van der Waals surface area (Å²) in [4.78, 5) is 10.4. The molecule has 0 spiro atoms. The number of carbonyl (C=O) groups is 1. The van der Waals surface area contributed by atoms with Crippen LogP contribution in [0.5, 0.6) is 5.75 Å². The van der Waals surface area contributed by atoms with Gasteiger partial charge in [-0.15, -0.1) is 0 Å². The first-order valence-corrected chi connectivity index (χ1v) is 4.18. The molecule has 4 nitrogen and oxygen atoms in total. The highest BCUT2D eigenvalue weighted by Crippen LogP contribution is 2.31. The molecule has 2 N–H and O–H groups in total. The van der Waals surface area contributed by atoms with Crippen molar-refractivity contribution >= 4 is 5.97 Å². The lowest BCUT2D eigenvalue weighted by atomic mass is 10.1. The highest BCUT2D eigenvalue weighted by molar-refractivity contribution is 5.75.